The summed E-state index contributed by atoms with van der Waals surface area (Å²) in [4.78, 5) is 27.8. The molecule has 0 spiro atoms. The molecule has 59 heavy (non-hydrogen) atoms. The van der Waals surface area contributed by atoms with Crippen molar-refractivity contribution in [1.29, 1.82) is 0 Å². The van der Waals surface area contributed by atoms with Crippen molar-refractivity contribution >= 4 is 21.8 Å². The average molecular weight is 841 g/mol. The second-order valence-electron chi connectivity index (χ2n) is 22.9. The van der Waals surface area contributed by atoms with Crippen LogP contribution in [0.4, 0.5) is 4.39 Å². The minimum absolute atomic E-state index is 0.0595. The highest BCUT2D eigenvalue weighted by atomic mass is 32.2. The normalized spacial score (nSPS) is 41.6. The van der Waals surface area contributed by atoms with Crippen LogP contribution in [0.2, 0.25) is 0 Å². The van der Waals surface area contributed by atoms with Gasteiger partial charge < -0.3 is 19.7 Å². The number of halogens is 1. The topological polar surface area (TPSA) is 102 Å². The third-order valence-electron chi connectivity index (χ3n) is 18.6. The van der Waals surface area contributed by atoms with Crippen LogP contribution in [0.1, 0.15) is 139 Å². The summed E-state index contributed by atoms with van der Waals surface area (Å²) in [6.07, 6.45) is 16.8. The second kappa shape index (κ2) is 15.6. The van der Waals surface area contributed by atoms with Crippen molar-refractivity contribution in [1.82, 2.24) is 10.2 Å². The summed E-state index contributed by atoms with van der Waals surface area (Å²) in [5.74, 6) is 2.36. The summed E-state index contributed by atoms with van der Waals surface area (Å²) < 4.78 is 49.4. The molecule has 7 aliphatic rings. The minimum atomic E-state index is -2.88. The highest BCUT2D eigenvalue weighted by Gasteiger charge is 2.70. The maximum absolute atomic E-state index is 14.7. The fourth-order valence-corrected chi connectivity index (χ4v) is 16.3. The van der Waals surface area contributed by atoms with Gasteiger partial charge in [0.2, 0.25) is 6.79 Å². The van der Waals surface area contributed by atoms with Crippen LogP contribution in [0, 0.1) is 62.1 Å². The molecular formula is C49H77FN2O6S. The van der Waals surface area contributed by atoms with Crippen molar-refractivity contribution in [2.24, 2.45) is 62.1 Å². The first-order valence-electron chi connectivity index (χ1n) is 23.1. The molecule has 5 fully saturated rings. The lowest BCUT2D eigenvalue weighted by atomic mass is 9.33. The van der Waals surface area contributed by atoms with Crippen molar-refractivity contribution in [3.63, 3.8) is 0 Å². The molecule has 0 aromatic heterocycles. The Kier molecular flexibility index (Phi) is 11.9. The number of allylic oxidation sites excluding steroid dienone is 5. The molecule has 1 saturated heterocycles. The van der Waals surface area contributed by atoms with Gasteiger partial charge in [0.05, 0.1) is 16.9 Å². The van der Waals surface area contributed by atoms with Crippen LogP contribution < -0.4 is 5.32 Å². The summed E-state index contributed by atoms with van der Waals surface area (Å²) in [6.45, 7) is 26.8. The Morgan fingerprint density at radius 1 is 0.898 bits per heavy atom. The Morgan fingerprint density at radius 3 is 2.24 bits per heavy atom. The number of carbonyl (C=O) groups excluding carboxylic acids is 2. The Bertz CT molecular complexity index is 1840. The van der Waals surface area contributed by atoms with Crippen molar-refractivity contribution in [3.05, 3.63) is 35.5 Å². The monoisotopic (exact) mass is 841 g/mol. The van der Waals surface area contributed by atoms with Crippen LogP contribution in [0.3, 0.4) is 0 Å². The molecule has 0 aromatic rings. The molecule has 10 atom stereocenters. The van der Waals surface area contributed by atoms with Gasteiger partial charge in [0.15, 0.2) is 9.84 Å². The molecule has 7 rings (SSSR count). The average Bonchev–Trinajstić information content (AvgIpc) is 3.55. The van der Waals surface area contributed by atoms with Gasteiger partial charge in [-0.3, -0.25) is 9.59 Å². The van der Waals surface area contributed by atoms with Gasteiger partial charge in [-0.15, -0.1) is 0 Å². The number of alkyl halides is 1. The molecule has 4 saturated carbocycles. The van der Waals surface area contributed by atoms with E-state index in [1.807, 2.05) is 0 Å². The lowest BCUT2D eigenvalue weighted by Crippen LogP contribution is -2.68. The molecule has 332 valence electrons. The van der Waals surface area contributed by atoms with Gasteiger partial charge in [-0.05, 0) is 167 Å². The Balaban J connectivity index is 1.07. The predicted octanol–water partition coefficient (Wildman–Crippen LogP) is 9.41. The smallest absolute Gasteiger partial charge is 0.317 e. The zero-order valence-electron chi connectivity index (χ0n) is 38.1. The van der Waals surface area contributed by atoms with E-state index in [-0.39, 0.29) is 45.1 Å². The number of ether oxygens (including phenoxy) is 2. The van der Waals surface area contributed by atoms with Crippen molar-refractivity contribution in [2.45, 2.75) is 145 Å². The molecule has 0 radical (unpaired) electrons. The van der Waals surface area contributed by atoms with E-state index in [4.69, 9.17) is 9.47 Å². The fourth-order valence-electron chi connectivity index (χ4n) is 15.1. The predicted molar refractivity (Wildman–Crippen MR) is 233 cm³/mol. The van der Waals surface area contributed by atoms with Gasteiger partial charge in [-0.1, -0.05) is 58.9 Å². The van der Waals surface area contributed by atoms with Crippen LogP contribution in [0.25, 0.3) is 0 Å². The first-order valence-corrected chi connectivity index (χ1v) is 24.9. The van der Waals surface area contributed by atoms with Crippen molar-refractivity contribution < 1.29 is 31.9 Å². The van der Waals surface area contributed by atoms with Gasteiger partial charge in [0, 0.05) is 31.7 Å². The van der Waals surface area contributed by atoms with Crippen LogP contribution in [-0.4, -0.2) is 81.9 Å². The number of nitrogens with one attached hydrogen (secondary N) is 1. The first kappa shape index (κ1) is 45.0. The molecule has 6 aliphatic carbocycles. The van der Waals surface area contributed by atoms with E-state index < -0.39 is 46.1 Å². The summed E-state index contributed by atoms with van der Waals surface area (Å²) >= 11 is 0. The summed E-state index contributed by atoms with van der Waals surface area (Å²) in [5.41, 5.74) is 2.70. The summed E-state index contributed by atoms with van der Waals surface area (Å²) in [7, 11) is -2.88. The van der Waals surface area contributed by atoms with Crippen molar-refractivity contribution in [2.75, 3.05) is 51.2 Å². The van der Waals surface area contributed by atoms with E-state index in [0.29, 0.717) is 55.5 Å². The van der Waals surface area contributed by atoms with E-state index >= 15 is 0 Å². The molecule has 0 unspecified atom stereocenters. The van der Waals surface area contributed by atoms with Gasteiger partial charge in [0.25, 0.3) is 0 Å². The molecule has 1 N–H and O–H groups in total. The number of hydrogen-bond acceptors (Lipinski definition) is 8. The number of fused-ring (bicyclic) bond motifs is 7. The van der Waals surface area contributed by atoms with Gasteiger partial charge in [-0.25, -0.2) is 12.8 Å². The number of hydrogen-bond donors (Lipinski definition) is 1. The van der Waals surface area contributed by atoms with E-state index in [0.717, 1.165) is 19.5 Å². The molecule has 10 heteroatoms. The second-order valence-corrected chi connectivity index (χ2v) is 25.2. The SMILES string of the molecule is C=C(C)[C@@H]1CC[C@]2(NCCN3CCS(=O)(=O)CC3)CC[C@]3(C)[C@H](CC[C@@H]4[C@@]5(C)CC=C(C6=CC[C@@](CF)(C(=O)OCOC(=O)C(C)(C)C)CC6)C(C)(C)[C@@H]5CC[C@]43C)[C@@H]12. The number of rotatable bonds is 10. The third-order valence-corrected chi connectivity index (χ3v) is 20.2. The highest BCUT2D eigenvalue weighted by Crippen LogP contribution is 2.76. The molecule has 1 aliphatic heterocycles. The lowest BCUT2D eigenvalue weighted by molar-refractivity contribution is -0.221. The zero-order valence-corrected chi connectivity index (χ0v) is 38.9. The lowest BCUT2D eigenvalue weighted by Gasteiger charge is -2.72. The Hall–Kier alpha value is -2.04. The Labute approximate surface area is 356 Å². The molecule has 8 nitrogen and oxygen atoms in total. The number of nitrogens with zero attached hydrogens (tertiary/aromatic N) is 1. The van der Waals surface area contributed by atoms with Crippen molar-refractivity contribution in [3.8, 4) is 0 Å². The first-order chi connectivity index (χ1) is 27.5. The molecule has 0 bridgehead atoms. The third kappa shape index (κ3) is 7.54. The standard InChI is InChI=1S/C49H77FN2O6S/c1-33(2)35-15-22-49(51-25-26-52-27-29-59(55,56)30-28-52)24-23-46(9)37(40(35)49)11-12-39-45(8)18-16-36(44(6,7)38(45)17-19-47(39,46)10)34-13-20-48(31-50,21-14-34)42(54)58-32-57-41(53)43(3,4)5/h13,16,35,37-40,51H,1,11-12,14-15,17-32H2,2-10H3/t35-,37+,38-,39+,40+,45-,46+,47+,48+,49-/m0/s1. The number of carbonyl (C=O) groups is 2. The minimum Gasteiger partial charge on any atom is -0.427 e. The largest absolute Gasteiger partial charge is 0.427 e. The maximum Gasteiger partial charge on any atom is 0.317 e. The van der Waals surface area contributed by atoms with Gasteiger partial charge in [0.1, 0.15) is 12.1 Å². The van der Waals surface area contributed by atoms with Gasteiger partial charge >= 0.3 is 11.9 Å². The van der Waals surface area contributed by atoms with E-state index in [9.17, 15) is 22.4 Å². The Morgan fingerprint density at radius 2 is 1.61 bits per heavy atom. The highest BCUT2D eigenvalue weighted by molar-refractivity contribution is 7.91. The molecule has 0 aromatic carbocycles. The van der Waals surface area contributed by atoms with Gasteiger partial charge in [-0.2, -0.15) is 0 Å². The van der Waals surface area contributed by atoms with Crippen LogP contribution in [0.5, 0.6) is 0 Å². The van der Waals surface area contributed by atoms with Crippen LogP contribution in [0.15, 0.2) is 35.5 Å². The summed E-state index contributed by atoms with van der Waals surface area (Å²) in [6, 6.07) is 0. The number of esters is 2. The number of sulfone groups is 1. The van der Waals surface area contributed by atoms with E-state index in [2.05, 4.69) is 70.5 Å². The summed E-state index contributed by atoms with van der Waals surface area (Å²) in [5, 5.41) is 4.21. The fraction of sp³-hybridized carbons (Fsp3) is 0.837. The quantitative estimate of drug-likeness (QED) is 0.132. The zero-order chi connectivity index (χ0) is 43.0. The molecular weight excluding hydrogens is 764 g/mol. The maximum atomic E-state index is 14.7. The van der Waals surface area contributed by atoms with E-state index in [1.54, 1.807) is 20.8 Å². The molecule has 0 amide bonds. The molecule has 1 heterocycles. The van der Waals surface area contributed by atoms with E-state index in [1.165, 1.54) is 68.1 Å². The van der Waals surface area contributed by atoms with Crippen LogP contribution in [-0.2, 0) is 28.9 Å². The van der Waals surface area contributed by atoms with Crippen LogP contribution >= 0.6 is 0 Å².